The number of fused-ring (bicyclic) bond motifs is 2. The van der Waals surface area contributed by atoms with Crippen molar-refractivity contribution in [1.82, 2.24) is 19.9 Å². The number of unbranched alkanes of at least 4 members (excludes halogenated alkanes) is 6. The van der Waals surface area contributed by atoms with Crippen molar-refractivity contribution < 1.29 is 23.8 Å². The van der Waals surface area contributed by atoms with Gasteiger partial charge in [-0.25, -0.2) is 19.9 Å². The highest BCUT2D eigenvalue weighted by Gasteiger charge is 2.13. The summed E-state index contributed by atoms with van der Waals surface area (Å²) in [6.45, 7) is 4.89. The fraction of sp³-hybridized carbons (Fsp3) is 0.500. The maximum absolute atomic E-state index is 11.2. The molecular formula is C40H51Cl2N5O5S2. The number of methoxy groups -OCH3 is 3. The number of halogens is 2. The quantitative estimate of drug-likeness (QED) is 0.0461. The molecule has 54 heavy (non-hydrogen) atoms. The van der Waals surface area contributed by atoms with Crippen LogP contribution in [0.25, 0.3) is 20.4 Å². The third-order valence-corrected chi connectivity index (χ3v) is 11.8. The average molecular weight is 817 g/mol. The third kappa shape index (κ3) is 13.3. The maximum atomic E-state index is 11.2. The van der Waals surface area contributed by atoms with Crippen molar-refractivity contribution in [3.63, 3.8) is 0 Å². The van der Waals surface area contributed by atoms with Crippen LogP contribution in [0.5, 0.6) is 5.75 Å². The van der Waals surface area contributed by atoms with Crippen molar-refractivity contribution in [2.75, 3.05) is 26.6 Å². The highest BCUT2D eigenvalue weighted by Crippen LogP contribution is 2.32. The SMILES string of the molecule is CCc1cc2c(Cl)nc(CCCCCCC(=O)OC)nc2s1.CCc1cc2c(NCc3ccc(OC)c(Cl)c3)nc(CCCCCCC(=O)OC)nc2s1. The average Bonchev–Trinajstić information content (AvgIpc) is 3.81. The van der Waals surface area contributed by atoms with E-state index in [-0.39, 0.29) is 11.9 Å². The summed E-state index contributed by atoms with van der Waals surface area (Å²) in [5.74, 6) is 2.92. The molecule has 0 saturated heterocycles. The van der Waals surface area contributed by atoms with E-state index in [4.69, 9.17) is 37.9 Å². The van der Waals surface area contributed by atoms with E-state index in [1.165, 1.54) is 24.0 Å². The van der Waals surface area contributed by atoms with Gasteiger partial charge < -0.3 is 19.5 Å². The van der Waals surface area contributed by atoms with Crippen LogP contribution in [0, 0.1) is 0 Å². The highest BCUT2D eigenvalue weighted by atomic mass is 35.5. The summed E-state index contributed by atoms with van der Waals surface area (Å²) in [7, 11) is 4.46. The van der Waals surface area contributed by atoms with E-state index in [1.54, 1.807) is 29.8 Å². The predicted octanol–water partition coefficient (Wildman–Crippen LogP) is 10.8. The lowest BCUT2D eigenvalue weighted by molar-refractivity contribution is -0.141. The van der Waals surface area contributed by atoms with E-state index in [1.807, 2.05) is 18.2 Å². The van der Waals surface area contributed by atoms with Crippen molar-refractivity contribution in [3.8, 4) is 5.75 Å². The van der Waals surface area contributed by atoms with Gasteiger partial charge in [0.15, 0.2) is 0 Å². The van der Waals surface area contributed by atoms with E-state index in [9.17, 15) is 9.59 Å². The Balaban J connectivity index is 0.000000258. The molecule has 0 aliphatic heterocycles. The summed E-state index contributed by atoms with van der Waals surface area (Å²) in [5, 5.41) is 6.66. The van der Waals surface area contributed by atoms with Gasteiger partial charge in [0, 0.05) is 47.4 Å². The number of nitrogens with zero attached hydrogens (tertiary/aromatic N) is 4. The summed E-state index contributed by atoms with van der Waals surface area (Å²) < 4.78 is 14.5. The van der Waals surface area contributed by atoms with Crippen molar-refractivity contribution in [2.45, 2.75) is 110 Å². The molecule has 0 spiro atoms. The van der Waals surface area contributed by atoms with Crippen LogP contribution in [-0.4, -0.2) is 53.2 Å². The lowest BCUT2D eigenvalue weighted by atomic mass is 10.1. The molecule has 1 aromatic carbocycles. The maximum Gasteiger partial charge on any atom is 0.305 e. The van der Waals surface area contributed by atoms with Gasteiger partial charge in [-0.1, -0.05) is 68.8 Å². The van der Waals surface area contributed by atoms with Crippen molar-refractivity contribution in [2.24, 2.45) is 0 Å². The van der Waals surface area contributed by atoms with Crippen LogP contribution in [0.2, 0.25) is 10.2 Å². The number of rotatable bonds is 20. The van der Waals surface area contributed by atoms with Gasteiger partial charge in [-0.05, 0) is 68.4 Å². The number of aryl methyl sites for hydroxylation is 4. The van der Waals surface area contributed by atoms with Crippen LogP contribution in [0.4, 0.5) is 5.82 Å². The lowest BCUT2D eigenvalue weighted by Gasteiger charge is -2.10. The molecule has 0 aliphatic carbocycles. The van der Waals surface area contributed by atoms with E-state index in [0.717, 1.165) is 121 Å². The van der Waals surface area contributed by atoms with Gasteiger partial charge in [-0.15, -0.1) is 22.7 Å². The number of nitrogens with one attached hydrogen (secondary N) is 1. The van der Waals surface area contributed by atoms with Gasteiger partial charge in [0.2, 0.25) is 0 Å². The zero-order chi connectivity index (χ0) is 38.9. The van der Waals surface area contributed by atoms with Gasteiger partial charge in [-0.3, -0.25) is 9.59 Å². The number of aromatic nitrogens is 4. The topological polar surface area (TPSA) is 125 Å². The fourth-order valence-electron chi connectivity index (χ4n) is 5.72. The Morgan fingerprint density at radius 2 is 1.22 bits per heavy atom. The van der Waals surface area contributed by atoms with E-state index in [0.29, 0.717) is 35.3 Å². The minimum Gasteiger partial charge on any atom is -0.495 e. The molecule has 4 heterocycles. The number of ether oxygens (including phenoxy) is 3. The summed E-state index contributed by atoms with van der Waals surface area (Å²) in [4.78, 5) is 45.4. The summed E-state index contributed by atoms with van der Waals surface area (Å²) in [6.07, 6.45) is 12.4. The molecule has 5 aromatic rings. The second kappa shape index (κ2) is 22.7. The summed E-state index contributed by atoms with van der Waals surface area (Å²) in [5.41, 5.74) is 1.06. The normalized spacial score (nSPS) is 11.0. The van der Waals surface area contributed by atoms with E-state index < -0.39 is 0 Å². The van der Waals surface area contributed by atoms with Crippen LogP contribution in [0.1, 0.15) is 105 Å². The number of esters is 2. The van der Waals surface area contributed by atoms with Crippen LogP contribution in [0.15, 0.2) is 30.3 Å². The number of benzene rings is 1. The molecule has 292 valence electrons. The lowest BCUT2D eigenvalue weighted by Crippen LogP contribution is -2.05. The second-order valence-electron chi connectivity index (χ2n) is 12.8. The number of thiophene rings is 2. The first-order valence-electron chi connectivity index (χ1n) is 18.6. The molecule has 0 fully saturated rings. The van der Waals surface area contributed by atoms with Crippen molar-refractivity contribution in [1.29, 1.82) is 0 Å². The molecule has 10 nitrogen and oxygen atoms in total. The van der Waals surface area contributed by atoms with E-state index in [2.05, 4.69) is 50.7 Å². The summed E-state index contributed by atoms with van der Waals surface area (Å²) in [6, 6.07) is 10.0. The molecule has 0 atom stereocenters. The Labute approximate surface area is 336 Å². The molecule has 0 bridgehead atoms. The molecule has 0 radical (unpaired) electrons. The van der Waals surface area contributed by atoms with Gasteiger partial charge >= 0.3 is 11.9 Å². The van der Waals surface area contributed by atoms with Gasteiger partial charge in [0.1, 0.15) is 38.0 Å². The Morgan fingerprint density at radius 3 is 1.76 bits per heavy atom. The molecular weight excluding hydrogens is 766 g/mol. The first-order chi connectivity index (χ1) is 26.2. The smallest absolute Gasteiger partial charge is 0.305 e. The largest absolute Gasteiger partial charge is 0.495 e. The predicted molar refractivity (Wildman–Crippen MR) is 222 cm³/mol. The Bertz CT molecular complexity index is 1970. The first-order valence-corrected chi connectivity index (χ1v) is 21.0. The second-order valence-corrected chi connectivity index (χ2v) is 15.8. The number of carbonyl (C=O) groups is 2. The molecule has 0 saturated carbocycles. The Morgan fingerprint density at radius 1 is 0.685 bits per heavy atom. The highest BCUT2D eigenvalue weighted by molar-refractivity contribution is 7.19. The zero-order valence-corrected chi connectivity index (χ0v) is 35.0. The molecule has 4 aromatic heterocycles. The molecule has 14 heteroatoms. The fourth-order valence-corrected chi connectivity index (χ4v) is 8.27. The molecule has 1 N–H and O–H groups in total. The number of hydrogen-bond acceptors (Lipinski definition) is 12. The number of carbonyl (C=O) groups excluding carboxylic acids is 2. The molecule has 0 amide bonds. The monoisotopic (exact) mass is 815 g/mol. The van der Waals surface area contributed by atoms with Gasteiger partial charge in [-0.2, -0.15) is 0 Å². The number of anilines is 1. The molecule has 0 unspecified atom stereocenters. The first kappa shape index (κ1) is 43.2. The van der Waals surface area contributed by atoms with Crippen LogP contribution in [0.3, 0.4) is 0 Å². The Kier molecular flexibility index (Phi) is 18.2. The van der Waals surface area contributed by atoms with Crippen LogP contribution in [-0.2, 0) is 51.3 Å². The molecule has 5 rings (SSSR count). The standard InChI is InChI=1S/C24H30ClN3O3S.C16H21ClN2O2S/c1-4-17-14-18-23(26-15-16-11-12-20(30-2)19(25)13-16)27-21(28-24(18)32-17)9-7-5-6-8-10-22(29)31-3;1-3-11-10-12-15(17)18-13(19-16(12)22-11)8-6-4-5-7-9-14(20)21-2/h11-14H,4-10,15H2,1-3H3,(H,26,27,28);10H,3-9H2,1-2H3. The minimum absolute atomic E-state index is 0.134. The van der Waals surface area contributed by atoms with Crippen LogP contribution < -0.4 is 10.1 Å². The Hall–Kier alpha value is -3.58. The zero-order valence-electron chi connectivity index (χ0n) is 31.9. The molecule has 0 aliphatic rings. The van der Waals surface area contributed by atoms with Gasteiger partial charge in [0.25, 0.3) is 0 Å². The van der Waals surface area contributed by atoms with Crippen molar-refractivity contribution in [3.05, 3.63) is 67.5 Å². The summed E-state index contributed by atoms with van der Waals surface area (Å²) >= 11 is 15.9. The van der Waals surface area contributed by atoms with Crippen molar-refractivity contribution >= 4 is 84.1 Å². The third-order valence-electron chi connectivity index (χ3n) is 8.82. The van der Waals surface area contributed by atoms with Crippen LogP contribution >= 0.6 is 45.9 Å². The van der Waals surface area contributed by atoms with E-state index >= 15 is 0 Å². The van der Waals surface area contributed by atoms with Gasteiger partial charge in [0.05, 0.1) is 31.7 Å². The minimum atomic E-state index is -0.142. The number of hydrogen-bond donors (Lipinski definition) is 1.